The summed E-state index contributed by atoms with van der Waals surface area (Å²) in [5.74, 6) is 0.766. The molecule has 1 aromatic rings. The molecule has 8 heteroatoms. The van der Waals surface area contributed by atoms with Crippen LogP contribution in [0.2, 0.25) is 5.02 Å². The molecule has 5 nitrogen and oxygen atoms in total. The number of alkyl halides is 1. The Morgan fingerprint density at radius 2 is 2.07 bits per heavy atom. The molecule has 0 spiro atoms. The number of pyridine rings is 1. The van der Waals surface area contributed by atoms with Gasteiger partial charge in [0.2, 0.25) is 5.91 Å². The predicted octanol–water partition coefficient (Wildman–Crippen LogP) is 4.98. The Bertz CT molecular complexity index is 776. The van der Waals surface area contributed by atoms with Gasteiger partial charge in [-0.15, -0.1) is 12.6 Å². The van der Waals surface area contributed by atoms with Gasteiger partial charge in [-0.1, -0.05) is 27.5 Å². The van der Waals surface area contributed by atoms with E-state index in [1.54, 1.807) is 11.0 Å². The molecule has 1 aliphatic carbocycles. The number of rotatable bonds is 5. The van der Waals surface area contributed by atoms with E-state index in [9.17, 15) is 4.79 Å². The topological polar surface area (TPSA) is 60.2 Å². The second-order valence-corrected chi connectivity index (χ2v) is 9.79. The monoisotopic (exact) mass is 484 g/mol. The average molecular weight is 486 g/mol. The SMILES string of the molecule is CC1(C)C(=O)N(c2cnc(C#N)c(Cl)c2)C(S)N1C1CCC(CCCBr)CC1. The fraction of sp³-hybridized carbons (Fsp3) is 0.650. The zero-order valence-corrected chi connectivity index (χ0v) is 19.5. The van der Waals surface area contributed by atoms with Crippen molar-refractivity contribution < 1.29 is 4.79 Å². The molecular weight excluding hydrogens is 460 g/mol. The molecule has 2 fully saturated rings. The van der Waals surface area contributed by atoms with Gasteiger partial charge in [-0.25, -0.2) is 4.98 Å². The first-order valence-corrected chi connectivity index (χ1v) is 11.7. The molecule has 0 bridgehead atoms. The van der Waals surface area contributed by atoms with Crippen molar-refractivity contribution in [3.8, 4) is 6.07 Å². The van der Waals surface area contributed by atoms with Crippen molar-refractivity contribution in [2.24, 2.45) is 5.92 Å². The molecule has 1 aliphatic heterocycles. The van der Waals surface area contributed by atoms with Gasteiger partial charge in [-0.2, -0.15) is 5.26 Å². The van der Waals surface area contributed by atoms with Gasteiger partial charge in [0.25, 0.3) is 0 Å². The fourth-order valence-electron chi connectivity index (χ4n) is 4.54. The molecule has 2 heterocycles. The van der Waals surface area contributed by atoms with Gasteiger partial charge < -0.3 is 0 Å². The van der Waals surface area contributed by atoms with Gasteiger partial charge in [0.1, 0.15) is 11.6 Å². The Morgan fingerprint density at radius 3 is 2.64 bits per heavy atom. The largest absolute Gasteiger partial charge is 0.284 e. The number of hydrogen-bond acceptors (Lipinski definition) is 5. The van der Waals surface area contributed by atoms with E-state index in [1.165, 1.54) is 31.9 Å². The van der Waals surface area contributed by atoms with Crippen molar-refractivity contribution in [3.63, 3.8) is 0 Å². The summed E-state index contributed by atoms with van der Waals surface area (Å²) in [4.78, 5) is 21.2. The molecule has 1 unspecified atom stereocenters. The maximum Gasteiger partial charge on any atom is 0.249 e. The number of nitrogens with zero attached hydrogens (tertiary/aromatic N) is 4. The number of carbonyl (C=O) groups excluding carboxylic acids is 1. The lowest BCUT2D eigenvalue weighted by molar-refractivity contribution is -0.124. The Kier molecular flexibility index (Phi) is 6.96. The molecular formula is C20H26BrClN4OS. The van der Waals surface area contributed by atoms with Crippen LogP contribution in [-0.4, -0.2) is 38.2 Å². The lowest BCUT2D eigenvalue weighted by Crippen LogP contribution is -2.51. The van der Waals surface area contributed by atoms with Crippen LogP contribution in [0.3, 0.4) is 0 Å². The van der Waals surface area contributed by atoms with E-state index in [4.69, 9.17) is 29.5 Å². The zero-order chi connectivity index (χ0) is 20.5. The van der Waals surface area contributed by atoms with Crippen LogP contribution in [-0.2, 0) is 4.79 Å². The van der Waals surface area contributed by atoms with Gasteiger partial charge in [0.05, 0.1) is 22.4 Å². The lowest BCUT2D eigenvalue weighted by Gasteiger charge is -2.41. The minimum atomic E-state index is -0.653. The molecule has 1 saturated heterocycles. The van der Waals surface area contributed by atoms with Crippen molar-refractivity contribution in [3.05, 3.63) is 23.0 Å². The highest BCUT2D eigenvalue weighted by atomic mass is 79.9. The van der Waals surface area contributed by atoms with E-state index in [2.05, 4.69) is 25.8 Å². The van der Waals surface area contributed by atoms with Crippen LogP contribution in [0.1, 0.15) is 58.1 Å². The molecule has 28 heavy (non-hydrogen) atoms. The van der Waals surface area contributed by atoms with Crippen molar-refractivity contribution in [1.82, 2.24) is 9.88 Å². The highest BCUT2D eigenvalue weighted by molar-refractivity contribution is 9.09. The number of hydrogen-bond donors (Lipinski definition) is 1. The molecule has 1 amide bonds. The van der Waals surface area contributed by atoms with Crippen molar-refractivity contribution in [2.75, 3.05) is 10.2 Å². The number of thiol groups is 1. The molecule has 152 valence electrons. The Hall–Kier alpha value is -0.810. The van der Waals surface area contributed by atoms with E-state index < -0.39 is 5.54 Å². The summed E-state index contributed by atoms with van der Waals surface area (Å²) in [6.45, 7) is 3.93. The first kappa shape index (κ1) is 21.9. The van der Waals surface area contributed by atoms with E-state index in [1.807, 2.05) is 19.9 Å². The normalized spacial score (nSPS) is 27.8. The van der Waals surface area contributed by atoms with Crippen LogP contribution < -0.4 is 4.90 Å². The molecule has 1 aromatic heterocycles. The second-order valence-electron chi connectivity index (χ2n) is 8.13. The number of carbonyl (C=O) groups is 1. The summed E-state index contributed by atoms with van der Waals surface area (Å²) < 4.78 is 0. The van der Waals surface area contributed by atoms with E-state index in [0.717, 1.165) is 24.1 Å². The predicted molar refractivity (Wildman–Crippen MR) is 119 cm³/mol. The van der Waals surface area contributed by atoms with Crippen LogP contribution >= 0.6 is 40.2 Å². The van der Waals surface area contributed by atoms with Crippen LogP contribution in [0.15, 0.2) is 12.3 Å². The van der Waals surface area contributed by atoms with E-state index in [-0.39, 0.29) is 22.1 Å². The smallest absolute Gasteiger partial charge is 0.249 e. The summed E-state index contributed by atoms with van der Waals surface area (Å²) in [5, 5.41) is 10.4. The lowest BCUT2D eigenvalue weighted by atomic mass is 9.82. The van der Waals surface area contributed by atoms with Gasteiger partial charge in [-0.05, 0) is 64.4 Å². The second kappa shape index (κ2) is 8.91. The highest BCUT2D eigenvalue weighted by Crippen LogP contribution is 2.42. The molecule has 0 N–H and O–H groups in total. The summed E-state index contributed by atoms with van der Waals surface area (Å²) in [6, 6.07) is 3.91. The van der Waals surface area contributed by atoms with Crippen LogP contribution in [0.4, 0.5) is 5.69 Å². The number of amides is 1. The fourth-order valence-corrected chi connectivity index (χ4v) is 5.78. The number of nitriles is 1. The maximum atomic E-state index is 13.3. The standard InChI is InChI=1S/C20H26BrClN4OS/c1-20(2)18(27)25(15-10-16(22)17(11-23)24-12-15)19(28)26(20)14-7-5-13(6-8-14)4-3-9-21/h10,12-14,19,28H,3-9H2,1-2H3. The molecule has 1 atom stereocenters. The molecule has 3 rings (SSSR count). The minimum absolute atomic E-state index is 0.0171. The van der Waals surface area contributed by atoms with Crippen LogP contribution in [0, 0.1) is 17.2 Å². The number of aromatic nitrogens is 1. The van der Waals surface area contributed by atoms with E-state index in [0.29, 0.717) is 11.7 Å². The third kappa shape index (κ3) is 4.07. The van der Waals surface area contributed by atoms with Gasteiger partial charge in [0.15, 0.2) is 5.69 Å². The number of halogens is 2. The summed E-state index contributed by atoms with van der Waals surface area (Å²) in [7, 11) is 0. The molecule has 1 saturated carbocycles. The summed E-state index contributed by atoms with van der Waals surface area (Å²) in [5.41, 5.74) is -0.293. The number of anilines is 1. The Labute approximate surface area is 186 Å². The van der Waals surface area contributed by atoms with Gasteiger partial charge >= 0.3 is 0 Å². The van der Waals surface area contributed by atoms with Crippen LogP contribution in [0.5, 0.6) is 0 Å². The summed E-state index contributed by atoms with van der Waals surface area (Å²) >= 11 is 14.5. The maximum absolute atomic E-state index is 13.3. The zero-order valence-electron chi connectivity index (χ0n) is 16.2. The molecule has 0 radical (unpaired) electrons. The average Bonchev–Trinajstić information content (AvgIpc) is 2.85. The summed E-state index contributed by atoms with van der Waals surface area (Å²) in [6.07, 6.45) is 8.58. The first-order valence-electron chi connectivity index (χ1n) is 9.73. The van der Waals surface area contributed by atoms with Crippen LogP contribution in [0.25, 0.3) is 0 Å². The minimum Gasteiger partial charge on any atom is -0.284 e. The van der Waals surface area contributed by atoms with Crippen molar-refractivity contribution in [2.45, 2.75) is 69.5 Å². The van der Waals surface area contributed by atoms with Crippen molar-refractivity contribution >= 4 is 51.8 Å². The van der Waals surface area contributed by atoms with Gasteiger partial charge in [0, 0.05) is 11.4 Å². The third-order valence-electron chi connectivity index (χ3n) is 6.03. The quantitative estimate of drug-likeness (QED) is 0.472. The first-order chi connectivity index (χ1) is 13.3. The van der Waals surface area contributed by atoms with Gasteiger partial charge in [-0.3, -0.25) is 14.6 Å². The Balaban J connectivity index is 1.80. The van der Waals surface area contributed by atoms with E-state index >= 15 is 0 Å². The third-order valence-corrected chi connectivity index (χ3v) is 7.36. The Morgan fingerprint density at radius 1 is 1.39 bits per heavy atom. The highest BCUT2D eigenvalue weighted by Gasteiger charge is 2.53. The molecule has 0 aromatic carbocycles. The molecule has 2 aliphatic rings. The van der Waals surface area contributed by atoms with Crippen molar-refractivity contribution in [1.29, 1.82) is 5.26 Å².